The fourth-order valence-corrected chi connectivity index (χ4v) is 1.86. The van der Waals surface area contributed by atoms with Gasteiger partial charge in [0.1, 0.15) is 0 Å². The van der Waals surface area contributed by atoms with Crippen LogP contribution in [0.1, 0.15) is 30.9 Å². The van der Waals surface area contributed by atoms with Gasteiger partial charge in [0.25, 0.3) is 5.92 Å². The zero-order valence-electron chi connectivity index (χ0n) is 9.54. The number of aliphatic carboxylic acids is 1. The van der Waals surface area contributed by atoms with Gasteiger partial charge in [-0.15, -0.1) is 0 Å². The zero-order chi connectivity index (χ0) is 12.7. The van der Waals surface area contributed by atoms with E-state index in [-0.39, 0.29) is 12.0 Å². The molecule has 17 heavy (non-hydrogen) atoms. The molecule has 4 heteroatoms. The van der Waals surface area contributed by atoms with Crippen LogP contribution in [0.4, 0.5) is 8.78 Å². The molecule has 0 heterocycles. The summed E-state index contributed by atoms with van der Waals surface area (Å²) in [6, 6.07) is 5.59. The van der Waals surface area contributed by atoms with Crippen LogP contribution in [0, 0.1) is 5.41 Å². The van der Waals surface area contributed by atoms with Crippen LogP contribution in [0.5, 0.6) is 0 Å². The summed E-state index contributed by atoms with van der Waals surface area (Å²) in [6.45, 7) is 1.58. The molecule has 2 nitrogen and oxygen atoms in total. The number of benzene rings is 1. The third kappa shape index (κ3) is 2.16. The molecule has 1 aliphatic carbocycles. The molecule has 0 amide bonds. The number of rotatable bonds is 4. The maximum Gasteiger partial charge on any atom is 0.307 e. The number of carboxylic acids is 1. The average molecular weight is 240 g/mol. The van der Waals surface area contributed by atoms with Crippen molar-refractivity contribution in [2.75, 3.05) is 0 Å². The van der Waals surface area contributed by atoms with Crippen LogP contribution in [0.25, 0.3) is 0 Å². The first kappa shape index (κ1) is 12.0. The van der Waals surface area contributed by atoms with Crippen molar-refractivity contribution >= 4 is 5.97 Å². The van der Waals surface area contributed by atoms with Gasteiger partial charge in [-0.25, -0.2) is 8.78 Å². The Kier molecular flexibility index (Phi) is 2.68. The second-order valence-electron chi connectivity index (χ2n) is 4.90. The molecular weight excluding hydrogens is 226 g/mol. The van der Waals surface area contributed by atoms with Gasteiger partial charge in [0.05, 0.1) is 6.42 Å². The summed E-state index contributed by atoms with van der Waals surface area (Å²) in [5.74, 6) is -3.78. The molecular formula is C13H14F2O2. The Balaban J connectivity index is 2.20. The summed E-state index contributed by atoms with van der Waals surface area (Å²) in [5.41, 5.74) is -0.397. The van der Waals surface area contributed by atoms with Crippen LogP contribution in [-0.2, 0) is 17.1 Å². The highest BCUT2D eigenvalue weighted by atomic mass is 19.3. The lowest BCUT2D eigenvalue weighted by molar-refractivity contribution is -0.136. The van der Waals surface area contributed by atoms with Crippen molar-refractivity contribution in [1.82, 2.24) is 0 Å². The molecule has 0 aromatic heterocycles. The lowest BCUT2D eigenvalue weighted by Gasteiger charge is -2.23. The normalized spacial score (nSPS) is 17.8. The molecule has 1 aliphatic rings. The van der Waals surface area contributed by atoms with Crippen LogP contribution >= 0.6 is 0 Å². The lowest BCUT2D eigenvalue weighted by Crippen LogP contribution is -2.24. The van der Waals surface area contributed by atoms with Gasteiger partial charge in [-0.2, -0.15) is 0 Å². The van der Waals surface area contributed by atoms with E-state index >= 15 is 0 Å². The van der Waals surface area contributed by atoms with Crippen molar-refractivity contribution in [3.05, 3.63) is 35.4 Å². The first-order chi connectivity index (χ1) is 7.85. The van der Waals surface area contributed by atoms with E-state index in [0.717, 1.165) is 0 Å². The Labute approximate surface area is 98.3 Å². The maximum absolute atomic E-state index is 14.0. The molecule has 2 rings (SSSR count). The second-order valence-corrected chi connectivity index (χ2v) is 4.90. The summed E-state index contributed by atoms with van der Waals surface area (Å²) in [6.07, 6.45) is 0.941. The molecule has 1 saturated carbocycles. The largest absolute Gasteiger partial charge is 0.481 e. The molecule has 1 N–H and O–H groups in total. The van der Waals surface area contributed by atoms with E-state index in [1.54, 1.807) is 6.92 Å². The van der Waals surface area contributed by atoms with Gasteiger partial charge < -0.3 is 5.11 Å². The quantitative estimate of drug-likeness (QED) is 0.877. The topological polar surface area (TPSA) is 37.3 Å². The average Bonchev–Trinajstić information content (AvgIpc) is 2.98. The highest BCUT2D eigenvalue weighted by Gasteiger charge is 2.58. The van der Waals surface area contributed by atoms with Crippen molar-refractivity contribution in [2.45, 2.75) is 32.1 Å². The van der Waals surface area contributed by atoms with Crippen LogP contribution < -0.4 is 0 Å². The van der Waals surface area contributed by atoms with E-state index in [9.17, 15) is 13.6 Å². The van der Waals surface area contributed by atoms with Gasteiger partial charge in [-0.05, 0) is 18.4 Å². The van der Waals surface area contributed by atoms with Gasteiger partial charge >= 0.3 is 5.97 Å². The predicted octanol–water partition coefficient (Wildman–Crippen LogP) is 3.21. The highest BCUT2D eigenvalue weighted by molar-refractivity contribution is 5.70. The molecule has 0 aliphatic heterocycles. The van der Waals surface area contributed by atoms with Crippen LogP contribution in [0.3, 0.4) is 0 Å². The standard InChI is InChI=1S/C13H14F2O2/c1-12(6-7-12)13(14,15)10-4-2-9(3-5-10)8-11(16)17/h2-5H,6-8H2,1H3,(H,16,17). The summed E-state index contributed by atoms with van der Waals surface area (Å²) in [4.78, 5) is 10.5. The van der Waals surface area contributed by atoms with Gasteiger partial charge in [0.2, 0.25) is 0 Å². The molecule has 92 valence electrons. The fourth-order valence-electron chi connectivity index (χ4n) is 1.86. The molecule has 1 aromatic rings. The van der Waals surface area contributed by atoms with Crippen LogP contribution in [-0.4, -0.2) is 11.1 Å². The number of halogens is 2. The SMILES string of the molecule is CC1(C(F)(F)c2ccc(CC(=O)O)cc2)CC1. The molecule has 0 radical (unpaired) electrons. The highest BCUT2D eigenvalue weighted by Crippen LogP contribution is 2.60. The maximum atomic E-state index is 14.0. The Hall–Kier alpha value is -1.45. The first-order valence-electron chi connectivity index (χ1n) is 5.54. The van der Waals surface area contributed by atoms with Crippen molar-refractivity contribution in [2.24, 2.45) is 5.41 Å². The number of hydrogen-bond acceptors (Lipinski definition) is 1. The molecule has 0 unspecified atom stereocenters. The smallest absolute Gasteiger partial charge is 0.307 e. The van der Waals surface area contributed by atoms with Crippen molar-refractivity contribution in [3.8, 4) is 0 Å². The summed E-state index contributed by atoms with van der Waals surface area (Å²) >= 11 is 0. The van der Waals surface area contributed by atoms with E-state index in [4.69, 9.17) is 5.11 Å². The van der Waals surface area contributed by atoms with Gasteiger partial charge in [-0.1, -0.05) is 31.2 Å². The molecule has 1 fully saturated rings. The molecule has 0 bridgehead atoms. The molecule has 0 atom stereocenters. The monoisotopic (exact) mass is 240 g/mol. The number of hydrogen-bond donors (Lipinski definition) is 1. The first-order valence-corrected chi connectivity index (χ1v) is 5.54. The fraction of sp³-hybridized carbons (Fsp3) is 0.462. The summed E-state index contributed by atoms with van der Waals surface area (Å²) in [5, 5.41) is 8.59. The Morgan fingerprint density at radius 3 is 2.29 bits per heavy atom. The van der Waals surface area contributed by atoms with Gasteiger partial charge in [0.15, 0.2) is 0 Å². The van der Waals surface area contributed by atoms with Crippen molar-refractivity contribution in [1.29, 1.82) is 0 Å². The Morgan fingerprint density at radius 2 is 1.88 bits per heavy atom. The minimum absolute atomic E-state index is 0.0216. The van der Waals surface area contributed by atoms with E-state index in [0.29, 0.717) is 18.4 Å². The second kappa shape index (κ2) is 3.79. The van der Waals surface area contributed by atoms with Crippen LogP contribution in [0.15, 0.2) is 24.3 Å². The van der Waals surface area contributed by atoms with E-state index < -0.39 is 17.3 Å². The van der Waals surface area contributed by atoms with Crippen LogP contribution in [0.2, 0.25) is 0 Å². The van der Waals surface area contributed by atoms with Gasteiger partial charge in [-0.3, -0.25) is 4.79 Å². The van der Waals surface area contributed by atoms with E-state index in [1.807, 2.05) is 0 Å². The summed E-state index contributed by atoms with van der Waals surface area (Å²) in [7, 11) is 0. The number of alkyl halides is 2. The third-order valence-corrected chi connectivity index (χ3v) is 3.43. The van der Waals surface area contributed by atoms with Crippen molar-refractivity contribution < 1.29 is 18.7 Å². The van der Waals surface area contributed by atoms with Gasteiger partial charge in [0, 0.05) is 11.0 Å². The third-order valence-electron chi connectivity index (χ3n) is 3.43. The number of carboxylic acid groups (broad SMARTS) is 1. The van der Waals surface area contributed by atoms with E-state index in [1.165, 1.54) is 24.3 Å². The zero-order valence-corrected chi connectivity index (χ0v) is 9.54. The minimum Gasteiger partial charge on any atom is -0.481 e. The Morgan fingerprint density at radius 1 is 1.35 bits per heavy atom. The van der Waals surface area contributed by atoms with E-state index in [2.05, 4.69) is 0 Å². The summed E-state index contributed by atoms with van der Waals surface area (Å²) < 4.78 is 28.0. The Bertz CT molecular complexity index is 433. The van der Waals surface area contributed by atoms with Crippen molar-refractivity contribution in [3.63, 3.8) is 0 Å². The molecule has 0 saturated heterocycles. The lowest BCUT2D eigenvalue weighted by atomic mass is 9.92. The number of carbonyl (C=O) groups is 1. The minimum atomic E-state index is -2.82. The predicted molar refractivity (Wildman–Crippen MR) is 59.0 cm³/mol. The molecule has 1 aromatic carbocycles. The molecule has 0 spiro atoms.